The fourth-order valence-electron chi connectivity index (χ4n) is 4.38. The smallest absolute Gasteiger partial charge is 0.0848 e. The van der Waals surface area contributed by atoms with Gasteiger partial charge in [0.1, 0.15) is 0 Å². The molecule has 0 saturated carbocycles. The van der Waals surface area contributed by atoms with E-state index in [2.05, 4.69) is 72.0 Å². The highest BCUT2D eigenvalue weighted by Crippen LogP contribution is 2.46. The molecule has 1 N–H and O–H groups in total. The molecule has 0 atom stereocenters. The largest absolute Gasteiger partial charge is 0.353 e. The third-order valence-corrected chi connectivity index (χ3v) is 6.83. The Morgan fingerprint density at radius 1 is 1.00 bits per heavy atom. The van der Waals surface area contributed by atoms with Crippen LogP contribution in [0.4, 0.5) is 5.69 Å². The van der Waals surface area contributed by atoms with E-state index >= 15 is 0 Å². The van der Waals surface area contributed by atoms with Crippen LogP contribution in [0.15, 0.2) is 72.4 Å². The average molecular weight is 391 g/mol. The molecule has 6 aromatic rings. The quantitative estimate of drug-likeness (QED) is 0.306. The van der Waals surface area contributed by atoms with Crippen LogP contribution >= 0.6 is 11.3 Å². The van der Waals surface area contributed by atoms with E-state index in [1.165, 1.54) is 41.8 Å². The number of aliphatic imine (C=N–C) groups is 1. The summed E-state index contributed by atoms with van der Waals surface area (Å²) in [5.41, 5.74) is 5.39. The first-order valence-electron chi connectivity index (χ1n) is 9.56. The molecule has 0 spiro atoms. The number of thiophene rings is 1. The zero-order chi connectivity index (χ0) is 19.5. The minimum Gasteiger partial charge on any atom is -0.353 e. The van der Waals surface area contributed by atoms with Crippen molar-refractivity contribution in [3.05, 3.63) is 72.9 Å². The molecule has 3 nitrogen and oxygen atoms in total. The number of rotatable bonds is 2. The van der Waals surface area contributed by atoms with Crippen LogP contribution in [-0.4, -0.2) is 16.2 Å². The van der Waals surface area contributed by atoms with Crippen molar-refractivity contribution in [1.82, 2.24) is 9.97 Å². The van der Waals surface area contributed by atoms with Crippen LogP contribution in [0.25, 0.3) is 52.9 Å². The van der Waals surface area contributed by atoms with Crippen molar-refractivity contribution in [1.29, 1.82) is 0 Å². The summed E-state index contributed by atoms with van der Waals surface area (Å²) in [5, 5.41) is 6.11. The van der Waals surface area contributed by atoms with Crippen LogP contribution in [0.5, 0.6) is 0 Å². The Hall–Kier alpha value is -3.50. The number of hydrogen-bond acceptors (Lipinski definition) is 3. The summed E-state index contributed by atoms with van der Waals surface area (Å²) in [7, 11) is 0. The molecule has 0 aliphatic carbocycles. The Morgan fingerprint density at radius 2 is 1.79 bits per heavy atom. The van der Waals surface area contributed by atoms with Gasteiger partial charge in [-0.15, -0.1) is 11.3 Å². The summed E-state index contributed by atoms with van der Waals surface area (Å²) < 4.78 is 2.54. The third kappa shape index (κ3) is 2.18. The average Bonchev–Trinajstić information content (AvgIpc) is 3.32. The second kappa shape index (κ2) is 6.00. The van der Waals surface area contributed by atoms with E-state index < -0.39 is 0 Å². The summed E-state index contributed by atoms with van der Waals surface area (Å²) in [4.78, 5) is 13.2. The van der Waals surface area contributed by atoms with Crippen molar-refractivity contribution in [3.63, 3.8) is 0 Å². The lowest BCUT2D eigenvalue weighted by molar-refractivity contribution is 1.35. The van der Waals surface area contributed by atoms with Gasteiger partial charge in [-0.2, -0.15) is 0 Å². The van der Waals surface area contributed by atoms with E-state index in [1.807, 2.05) is 17.5 Å². The number of pyridine rings is 1. The molecule has 6 rings (SSSR count). The Morgan fingerprint density at radius 3 is 2.66 bits per heavy atom. The van der Waals surface area contributed by atoms with Gasteiger partial charge in [-0.1, -0.05) is 49.1 Å². The molecule has 0 saturated heterocycles. The van der Waals surface area contributed by atoms with Gasteiger partial charge in [-0.3, -0.25) is 9.98 Å². The van der Waals surface area contributed by atoms with Gasteiger partial charge in [-0.05, 0) is 24.6 Å². The van der Waals surface area contributed by atoms with Crippen LogP contribution in [-0.2, 0) is 0 Å². The maximum Gasteiger partial charge on any atom is 0.0848 e. The summed E-state index contributed by atoms with van der Waals surface area (Å²) in [6, 6.07) is 17.1. The van der Waals surface area contributed by atoms with Gasteiger partial charge in [0.05, 0.1) is 27.6 Å². The van der Waals surface area contributed by atoms with E-state index in [1.54, 1.807) is 12.3 Å². The minimum absolute atomic E-state index is 0.878. The van der Waals surface area contributed by atoms with Crippen molar-refractivity contribution in [2.45, 2.75) is 6.92 Å². The number of fused-ring (bicyclic) bond motifs is 10. The summed E-state index contributed by atoms with van der Waals surface area (Å²) in [6.07, 6.45) is 5.30. The standard InChI is InChI=1S/C25H17N3S/c1-3-12-26-18-13-27-23-20(14(18)2)21-15-8-4-6-10-17(15)28-24(21)25-22(23)16-9-5-7-11-19(16)29-25/h3-13,28H,1H2,2H3. The molecule has 0 aliphatic rings. The van der Waals surface area contributed by atoms with Crippen molar-refractivity contribution >= 4 is 76.1 Å². The summed E-state index contributed by atoms with van der Waals surface area (Å²) in [6.45, 7) is 5.89. The highest BCUT2D eigenvalue weighted by atomic mass is 32.1. The summed E-state index contributed by atoms with van der Waals surface area (Å²) >= 11 is 1.83. The number of hydrogen-bond donors (Lipinski definition) is 1. The molecular formula is C25H17N3S. The van der Waals surface area contributed by atoms with Crippen molar-refractivity contribution in [3.8, 4) is 0 Å². The molecule has 0 radical (unpaired) electrons. The second-order valence-corrected chi connectivity index (χ2v) is 8.28. The van der Waals surface area contributed by atoms with Crippen molar-refractivity contribution in [2.75, 3.05) is 0 Å². The van der Waals surface area contributed by atoms with Crippen LogP contribution in [0.1, 0.15) is 5.56 Å². The van der Waals surface area contributed by atoms with Crippen LogP contribution < -0.4 is 0 Å². The number of allylic oxidation sites excluding steroid dienone is 1. The lowest BCUT2D eigenvalue weighted by Gasteiger charge is -2.09. The van der Waals surface area contributed by atoms with E-state index in [9.17, 15) is 0 Å². The number of para-hydroxylation sites is 1. The number of aromatic nitrogens is 2. The molecule has 3 heterocycles. The number of nitrogens with one attached hydrogen (secondary N) is 1. The van der Waals surface area contributed by atoms with Gasteiger partial charge in [0.2, 0.25) is 0 Å². The highest BCUT2D eigenvalue weighted by molar-refractivity contribution is 7.26. The van der Waals surface area contributed by atoms with Gasteiger partial charge < -0.3 is 4.98 Å². The number of nitrogens with zero attached hydrogens (tertiary/aromatic N) is 2. The fourth-order valence-corrected chi connectivity index (χ4v) is 5.59. The Bertz CT molecular complexity index is 1630. The van der Waals surface area contributed by atoms with Gasteiger partial charge in [-0.25, -0.2) is 0 Å². The van der Waals surface area contributed by atoms with Crippen molar-refractivity contribution < 1.29 is 0 Å². The van der Waals surface area contributed by atoms with E-state index in [-0.39, 0.29) is 0 Å². The molecule has 4 heteroatoms. The molecule has 0 bridgehead atoms. The first-order valence-corrected chi connectivity index (χ1v) is 10.4. The normalized spacial score (nSPS) is 12.3. The van der Waals surface area contributed by atoms with Crippen LogP contribution in [0.2, 0.25) is 0 Å². The topological polar surface area (TPSA) is 41.0 Å². The lowest BCUT2D eigenvalue weighted by Crippen LogP contribution is -1.87. The van der Waals surface area contributed by atoms with Crippen LogP contribution in [0, 0.1) is 6.92 Å². The monoisotopic (exact) mass is 391 g/mol. The molecule has 0 fully saturated rings. The Labute approximate surface area is 171 Å². The molecular weight excluding hydrogens is 374 g/mol. The maximum atomic E-state index is 4.93. The third-order valence-electron chi connectivity index (χ3n) is 5.65. The zero-order valence-electron chi connectivity index (χ0n) is 15.9. The molecule has 0 unspecified atom stereocenters. The molecule has 3 aromatic carbocycles. The van der Waals surface area contributed by atoms with Gasteiger partial charge in [0.25, 0.3) is 0 Å². The SMILES string of the molecule is C=CC=Nc1cnc2c(c1C)c1c3ccccc3[nH]c1c1sc3ccccc3c21. The van der Waals surface area contributed by atoms with Gasteiger partial charge in [0.15, 0.2) is 0 Å². The molecule has 138 valence electrons. The molecule has 3 aromatic heterocycles. The van der Waals surface area contributed by atoms with E-state index in [0.29, 0.717) is 0 Å². The van der Waals surface area contributed by atoms with Gasteiger partial charge in [0, 0.05) is 43.4 Å². The highest BCUT2D eigenvalue weighted by Gasteiger charge is 2.20. The first-order chi connectivity index (χ1) is 14.3. The lowest BCUT2D eigenvalue weighted by atomic mass is 9.98. The predicted molar refractivity (Wildman–Crippen MR) is 127 cm³/mol. The number of H-pyrrole nitrogens is 1. The Kier molecular flexibility index (Phi) is 3.40. The minimum atomic E-state index is 0.878. The molecule has 0 amide bonds. The number of aryl methyl sites for hydroxylation is 1. The number of benzene rings is 3. The van der Waals surface area contributed by atoms with E-state index in [0.717, 1.165) is 22.3 Å². The molecule has 29 heavy (non-hydrogen) atoms. The van der Waals surface area contributed by atoms with Crippen molar-refractivity contribution in [2.24, 2.45) is 4.99 Å². The maximum absolute atomic E-state index is 4.93. The van der Waals surface area contributed by atoms with E-state index in [4.69, 9.17) is 4.98 Å². The predicted octanol–water partition coefficient (Wildman–Crippen LogP) is 7.43. The number of aromatic amines is 1. The Balaban J connectivity index is 1.97. The molecule has 0 aliphatic heterocycles. The zero-order valence-corrected chi connectivity index (χ0v) is 16.7. The first kappa shape index (κ1) is 16.5. The fraction of sp³-hybridized carbons (Fsp3) is 0.0400. The van der Waals surface area contributed by atoms with Crippen LogP contribution in [0.3, 0.4) is 0 Å². The summed E-state index contributed by atoms with van der Waals surface area (Å²) in [5.74, 6) is 0. The van der Waals surface area contributed by atoms with Gasteiger partial charge >= 0.3 is 0 Å². The second-order valence-electron chi connectivity index (χ2n) is 7.23.